The van der Waals surface area contributed by atoms with Gasteiger partial charge in [-0.15, -0.1) is 13.2 Å². The molecule has 0 rings (SSSR count). The lowest BCUT2D eigenvalue weighted by molar-refractivity contribution is 0.573. The van der Waals surface area contributed by atoms with E-state index in [1.165, 1.54) is 0 Å². The van der Waals surface area contributed by atoms with Crippen LogP contribution in [0, 0.1) is 11.8 Å². The molecule has 0 bridgehead atoms. The van der Waals surface area contributed by atoms with Gasteiger partial charge in [0.2, 0.25) is 20.0 Å². The van der Waals surface area contributed by atoms with Gasteiger partial charge in [0, 0.05) is 0 Å². The molecular weight excluding hydrogens is 300 g/mol. The maximum Gasteiger partial charge on any atom is 0.209 e. The normalized spacial score (nSPS) is 14.6. The van der Waals surface area contributed by atoms with Gasteiger partial charge in [-0.1, -0.05) is 26.0 Å². The van der Waals surface area contributed by atoms with Crippen molar-refractivity contribution in [1.29, 1.82) is 0 Å². The van der Waals surface area contributed by atoms with Crippen LogP contribution in [0.25, 0.3) is 0 Å². The molecule has 0 aliphatic heterocycles. The molecule has 8 heteroatoms. The molecule has 0 aliphatic carbocycles. The van der Waals surface area contributed by atoms with Crippen molar-refractivity contribution in [2.45, 2.75) is 26.7 Å². The SMILES string of the molecule is C=CC[C@@H](C)CS(N)(=O)=O.C=CC[C@H](C)CS(N)(=O)=O. The van der Waals surface area contributed by atoms with Crippen molar-refractivity contribution < 1.29 is 16.8 Å². The minimum absolute atomic E-state index is 0.0407. The van der Waals surface area contributed by atoms with Gasteiger partial charge in [0.1, 0.15) is 0 Å². The molecule has 0 aromatic carbocycles. The monoisotopic (exact) mass is 326 g/mol. The van der Waals surface area contributed by atoms with Crippen molar-refractivity contribution in [3.63, 3.8) is 0 Å². The van der Waals surface area contributed by atoms with Gasteiger partial charge in [0.15, 0.2) is 0 Å². The predicted molar refractivity (Wildman–Crippen MR) is 83.9 cm³/mol. The Bertz CT molecular complexity index is 438. The third kappa shape index (κ3) is 19.6. The molecule has 0 fully saturated rings. The first-order valence-corrected chi connectivity index (χ1v) is 9.57. The first kappa shape index (κ1) is 21.6. The summed E-state index contributed by atoms with van der Waals surface area (Å²) in [6.45, 7) is 10.6. The molecule has 6 nitrogen and oxygen atoms in total. The molecule has 20 heavy (non-hydrogen) atoms. The fourth-order valence-electron chi connectivity index (χ4n) is 1.50. The van der Waals surface area contributed by atoms with E-state index in [1.54, 1.807) is 12.2 Å². The summed E-state index contributed by atoms with van der Waals surface area (Å²) in [5.74, 6) is 0.234. The van der Waals surface area contributed by atoms with Crippen LogP contribution in [0.4, 0.5) is 0 Å². The lowest BCUT2D eigenvalue weighted by Gasteiger charge is -2.04. The van der Waals surface area contributed by atoms with E-state index in [9.17, 15) is 16.8 Å². The van der Waals surface area contributed by atoms with Crippen LogP contribution < -0.4 is 10.3 Å². The maximum absolute atomic E-state index is 10.5. The average Bonchev–Trinajstić information content (AvgIpc) is 2.12. The van der Waals surface area contributed by atoms with Crippen LogP contribution >= 0.6 is 0 Å². The molecule has 2 atom stereocenters. The van der Waals surface area contributed by atoms with E-state index in [4.69, 9.17) is 10.3 Å². The highest BCUT2D eigenvalue weighted by Crippen LogP contribution is 2.04. The van der Waals surface area contributed by atoms with Crippen molar-refractivity contribution in [2.75, 3.05) is 11.5 Å². The third-order valence-electron chi connectivity index (χ3n) is 2.17. The molecule has 4 N–H and O–H groups in total. The van der Waals surface area contributed by atoms with Gasteiger partial charge >= 0.3 is 0 Å². The van der Waals surface area contributed by atoms with Crippen molar-refractivity contribution in [2.24, 2.45) is 22.1 Å². The van der Waals surface area contributed by atoms with Crippen LogP contribution in [0.15, 0.2) is 25.3 Å². The van der Waals surface area contributed by atoms with E-state index in [0.717, 1.165) is 0 Å². The fourth-order valence-corrected chi connectivity index (χ4v) is 3.36. The molecule has 0 saturated heterocycles. The Balaban J connectivity index is 0. The lowest BCUT2D eigenvalue weighted by Crippen LogP contribution is -2.21. The zero-order valence-corrected chi connectivity index (χ0v) is 13.8. The quantitative estimate of drug-likeness (QED) is 0.646. The molecule has 0 aliphatic rings. The van der Waals surface area contributed by atoms with Gasteiger partial charge in [-0.25, -0.2) is 27.1 Å². The summed E-state index contributed by atoms with van der Waals surface area (Å²) in [5.41, 5.74) is 0. The van der Waals surface area contributed by atoms with Crippen LogP contribution in [-0.4, -0.2) is 28.3 Å². The summed E-state index contributed by atoms with van der Waals surface area (Å²) in [7, 11) is -6.59. The topological polar surface area (TPSA) is 120 Å². The van der Waals surface area contributed by atoms with E-state index in [-0.39, 0.29) is 23.3 Å². The number of primary sulfonamides is 2. The lowest BCUT2D eigenvalue weighted by atomic mass is 10.1. The summed E-state index contributed by atoms with van der Waals surface area (Å²) in [6, 6.07) is 0. The number of hydrogen-bond acceptors (Lipinski definition) is 4. The van der Waals surface area contributed by atoms with Crippen LogP contribution in [-0.2, 0) is 20.0 Å². The minimum Gasteiger partial charge on any atom is -0.229 e. The zero-order valence-electron chi connectivity index (χ0n) is 12.2. The highest BCUT2D eigenvalue weighted by molar-refractivity contribution is 7.89. The first-order valence-electron chi connectivity index (χ1n) is 6.14. The average molecular weight is 326 g/mol. The molecule has 0 unspecified atom stereocenters. The van der Waals surface area contributed by atoms with Gasteiger partial charge in [-0.2, -0.15) is 0 Å². The number of hydrogen-bond donors (Lipinski definition) is 2. The molecule has 0 spiro atoms. The second-order valence-electron chi connectivity index (χ2n) is 4.92. The van der Waals surface area contributed by atoms with Crippen LogP contribution in [0.5, 0.6) is 0 Å². The largest absolute Gasteiger partial charge is 0.229 e. The van der Waals surface area contributed by atoms with E-state index < -0.39 is 20.0 Å². The smallest absolute Gasteiger partial charge is 0.209 e. The first-order chi connectivity index (χ1) is 8.91. The van der Waals surface area contributed by atoms with Gasteiger partial charge in [-0.05, 0) is 24.7 Å². The van der Waals surface area contributed by atoms with Crippen molar-refractivity contribution in [1.82, 2.24) is 0 Å². The Kier molecular flexibility index (Phi) is 10.9. The van der Waals surface area contributed by atoms with Crippen LogP contribution in [0.1, 0.15) is 26.7 Å². The Morgan fingerprint density at radius 2 is 1.10 bits per heavy atom. The number of nitrogens with two attached hydrogens (primary N) is 2. The van der Waals surface area contributed by atoms with Crippen LogP contribution in [0.2, 0.25) is 0 Å². The zero-order chi connectivity index (χ0) is 16.4. The number of allylic oxidation sites excluding steroid dienone is 2. The Morgan fingerprint density at radius 1 is 0.850 bits per heavy atom. The Labute approximate surface area is 123 Å². The Hall–Kier alpha value is -0.700. The summed E-state index contributed by atoms with van der Waals surface area (Å²) in [4.78, 5) is 0. The molecule has 0 saturated carbocycles. The molecule has 0 amide bonds. The molecule has 120 valence electrons. The predicted octanol–water partition coefficient (Wildman–Crippen LogP) is 0.974. The summed E-state index contributed by atoms with van der Waals surface area (Å²) < 4.78 is 41.8. The minimum atomic E-state index is -3.29. The standard InChI is InChI=1S/2C6H13NO2S/c2*1-3-4-6(2)5-10(7,8)9/h2*3,6H,1,4-5H2,2H3,(H2,7,8,9)/t2*6-/m10/s1. The highest BCUT2D eigenvalue weighted by atomic mass is 32.2. The molecule has 0 radical (unpaired) electrons. The fraction of sp³-hybridized carbons (Fsp3) is 0.667. The number of sulfonamides is 2. The van der Waals surface area contributed by atoms with Crippen LogP contribution in [0.3, 0.4) is 0 Å². The Morgan fingerprint density at radius 3 is 1.25 bits per heavy atom. The van der Waals surface area contributed by atoms with Crippen molar-refractivity contribution in [3.05, 3.63) is 25.3 Å². The van der Waals surface area contributed by atoms with Crippen molar-refractivity contribution >= 4 is 20.0 Å². The highest BCUT2D eigenvalue weighted by Gasteiger charge is 2.09. The van der Waals surface area contributed by atoms with E-state index in [1.807, 2.05) is 13.8 Å². The molecule has 0 heterocycles. The summed E-state index contributed by atoms with van der Waals surface area (Å²) in [6.07, 6.45) is 4.76. The second-order valence-corrected chi connectivity index (χ2v) is 8.24. The van der Waals surface area contributed by atoms with E-state index in [0.29, 0.717) is 12.8 Å². The number of rotatable bonds is 8. The molecule has 0 aromatic rings. The third-order valence-corrected chi connectivity index (χ3v) is 4.24. The molecule has 0 aromatic heterocycles. The van der Waals surface area contributed by atoms with Gasteiger partial charge < -0.3 is 0 Å². The second kappa shape index (κ2) is 10.1. The summed E-state index contributed by atoms with van der Waals surface area (Å²) in [5, 5.41) is 9.61. The van der Waals surface area contributed by atoms with Crippen molar-refractivity contribution in [3.8, 4) is 0 Å². The van der Waals surface area contributed by atoms with E-state index in [2.05, 4.69) is 13.2 Å². The molecular formula is C12H26N2O4S2. The maximum atomic E-state index is 10.5. The summed E-state index contributed by atoms with van der Waals surface area (Å²) >= 11 is 0. The van der Waals surface area contributed by atoms with Gasteiger partial charge in [0.25, 0.3) is 0 Å². The van der Waals surface area contributed by atoms with Gasteiger partial charge in [0.05, 0.1) is 11.5 Å². The van der Waals surface area contributed by atoms with Gasteiger partial charge in [-0.3, -0.25) is 0 Å². The van der Waals surface area contributed by atoms with E-state index >= 15 is 0 Å².